The first kappa shape index (κ1) is 13.5. The third kappa shape index (κ3) is 1.91. The molecule has 1 aliphatic heterocycles. The fourth-order valence-corrected chi connectivity index (χ4v) is 3.95. The summed E-state index contributed by atoms with van der Waals surface area (Å²) in [5.41, 5.74) is 8.80. The summed E-state index contributed by atoms with van der Waals surface area (Å²) in [6.07, 6.45) is 3.79. The Hall–Kier alpha value is -1.51. The Labute approximate surface area is 121 Å². The molecule has 2 aliphatic rings. The number of benzene rings is 1. The van der Waals surface area contributed by atoms with E-state index in [1.54, 1.807) is 0 Å². The molecule has 1 heterocycles. The predicted octanol–water partition coefficient (Wildman–Crippen LogP) is 3.32. The van der Waals surface area contributed by atoms with E-state index in [1.165, 1.54) is 30.5 Å². The number of hydrogen-bond donors (Lipinski definition) is 1. The molecule has 3 rings (SSSR count). The topological polar surface area (TPSA) is 41.6 Å². The van der Waals surface area contributed by atoms with Gasteiger partial charge in [0.1, 0.15) is 0 Å². The van der Waals surface area contributed by atoms with Gasteiger partial charge in [-0.05, 0) is 37.3 Å². The van der Waals surface area contributed by atoms with Crippen LogP contribution in [0.5, 0.6) is 0 Å². The highest BCUT2D eigenvalue weighted by atomic mass is 15.4. The van der Waals surface area contributed by atoms with Crippen LogP contribution < -0.4 is 10.6 Å². The lowest BCUT2D eigenvalue weighted by Crippen LogP contribution is -2.58. The summed E-state index contributed by atoms with van der Waals surface area (Å²) in [4.78, 5) is 6.91. The van der Waals surface area contributed by atoms with E-state index in [-0.39, 0.29) is 5.54 Å². The number of nitrogens with two attached hydrogens (primary N) is 1. The summed E-state index contributed by atoms with van der Waals surface area (Å²) in [6.45, 7) is 7.71. The molecule has 108 valence electrons. The average molecular weight is 271 g/mol. The van der Waals surface area contributed by atoms with Crippen LogP contribution in [0.25, 0.3) is 0 Å². The Morgan fingerprint density at radius 1 is 1.25 bits per heavy atom. The molecule has 0 radical (unpaired) electrons. The molecule has 3 unspecified atom stereocenters. The molecular formula is C17H25N3. The van der Waals surface area contributed by atoms with Gasteiger partial charge in [0.05, 0.1) is 12.1 Å². The third-order valence-corrected chi connectivity index (χ3v) is 5.45. The summed E-state index contributed by atoms with van der Waals surface area (Å²) >= 11 is 0. The Bertz CT molecular complexity index is 520. The number of rotatable bonds is 1. The van der Waals surface area contributed by atoms with E-state index in [4.69, 9.17) is 5.73 Å². The van der Waals surface area contributed by atoms with Gasteiger partial charge in [-0.3, -0.25) is 4.99 Å². The van der Waals surface area contributed by atoms with Crippen molar-refractivity contribution >= 4 is 11.6 Å². The van der Waals surface area contributed by atoms with Gasteiger partial charge in [-0.1, -0.05) is 44.4 Å². The van der Waals surface area contributed by atoms with E-state index in [1.807, 2.05) is 0 Å². The minimum absolute atomic E-state index is 0.0943. The third-order valence-electron chi connectivity index (χ3n) is 5.45. The standard InChI is InChI=1S/C17H25N3/c1-12-6-8-15(9-7-12)20-16(18)19-11-17(20)10-4-5-13(2)14(17)3/h6-9,13-14H,4-5,10-11H2,1-3H3,(H2,18,19). The van der Waals surface area contributed by atoms with Crippen LogP contribution in [-0.2, 0) is 0 Å². The monoisotopic (exact) mass is 271 g/mol. The van der Waals surface area contributed by atoms with E-state index in [0.717, 1.165) is 12.5 Å². The fourth-order valence-electron chi connectivity index (χ4n) is 3.95. The van der Waals surface area contributed by atoms with Gasteiger partial charge in [0.15, 0.2) is 5.96 Å². The minimum atomic E-state index is 0.0943. The summed E-state index contributed by atoms with van der Waals surface area (Å²) in [6, 6.07) is 8.67. The van der Waals surface area contributed by atoms with Crippen LogP contribution in [0.1, 0.15) is 38.7 Å². The van der Waals surface area contributed by atoms with E-state index in [0.29, 0.717) is 11.9 Å². The molecule has 0 saturated heterocycles. The molecule has 3 atom stereocenters. The normalized spacial score (nSPS) is 33.5. The summed E-state index contributed by atoms with van der Waals surface area (Å²) in [5.74, 6) is 2.04. The van der Waals surface area contributed by atoms with Crippen molar-refractivity contribution in [3.63, 3.8) is 0 Å². The van der Waals surface area contributed by atoms with Gasteiger partial charge in [-0.25, -0.2) is 0 Å². The van der Waals surface area contributed by atoms with Crippen LogP contribution in [0.4, 0.5) is 5.69 Å². The first-order chi connectivity index (χ1) is 9.54. The average Bonchev–Trinajstić information content (AvgIpc) is 2.75. The van der Waals surface area contributed by atoms with Crippen LogP contribution in [0, 0.1) is 18.8 Å². The molecule has 1 aromatic carbocycles. The van der Waals surface area contributed by atoms with Gasteiger partial charge in [0.2, 0.25) is 0 Å². The van der Waals surface area contributed by atoms with Crippen molar-refractivity contribution in [2.24, 2.45) is 22.6 Å². The van der Waals surface area contributed by atoms with Crippen LogP contribution in [0.2, 0.25) is 0 Å². The zero-order valence-corrected chi connectivity index (χ0v) is 12.8. The summed E-state index contributed by atoms with van der Waals surface area (Å²) in [7, 11) is 0. The Balaban J connectivity index is 2.01. The highest BCUT2D eigenvalue weighted by Gasteiger charge is 2.50. The lowest BCUT2D eigenvalue weighted by Gasteiger charge is -2.49. The lowest BCUT2D eigenvalue weighted by molar-refractivity contribution is 0.159. The maximum atomic E-state index is 6.24. The van der Waals surface area contributed by atoms with Crippen molar-refractivity contribution in [3.05, 3.63) is 29.8 Å². The Morgan fingerprint density at radius 3 is 2.65 bits per heavy atom. The van der Waals surface area contributed by atoms with E-state index in [9.17, 15) is 0 Å². The molecule has 0 amide bonds. The quantitative estimate of drug-likeness (QED) is 0.851. The maximum Gasteiger partial charge on any atom is 0.196 e. The second-order valence-corrected chi connectivity index (χ2v) is 6.61. The van der Waals surface area contributed by atoms with Crippen molar-refractivity contribution in [2.45, 2.75) is 45.6 Å². The molecule has 1 aromatic rings. The Morgan fingerprint density at radius 2 is 1.95 bits per heavy atom. The van der Waals surface area contributed by atoms with Crippen molar-refractivity contribution in [1.29, 1.82) is 0 Å². The molecule has 0 bridgehead atoms. The second-order valence-electron chi connectivity index (χ2n) is 6.61. The first-order valence-electron chi connectivity index (χ1n) is 7.71. The molecule has 1 aliphatic carbocycles. The van der Waals surface area contributed by atoms with Crippen molar-refractivity contribution in [1.82, 2.24) is 0 Å². The fraction of sp³-hybridized carbons (Fsp3) is 0.588. The summed E-state index contributed by atoms with van der Waals surface area (Å²) < 4.78 is 0. The van der Waals surface area contributed by atoms with Crippen molar-refractivity contribution < 1.29 is 0 Å². The van der Waals surface area contributed by atoms with Crippen LogP contribution in [0.15, 0.2) is 29.3 Å². The van der Waals surface area contributed by atoms with Crippen LogP contribution in [-0.4, -0.2) is 18.0 Å². The molecule has 1 spiro atoms. The van der Waals surface area contributed by atoms with E-state index < -0.39 is 0 Å². The zero-order chi connectivity index (χ0) is 14.3. The zero-order valence-electron chi connectivity index (χ0n) is 12.8. The van der Waals surface area contributed by atoms with Gasteiger partial charge in [-0.2, -0.15) is 0 Å². The molecule has 1 saturated carbocycles. The highest BCUT2D eigenvalue weighted by Crippen LogP contribution is 2.45. The van der Waals surface area contributed by atoms with Gasteiger partial charge in [0.25, 0.3) is 0 Å². The van der Waals surface area contributed by atoms with Crippen molar-refractivity contribution in [3.8, 4) is 0 Å². The van der Waals surface area contributed by atoms with Gasteiger partial charge < -0.3 is 10.6 Å². The lowest BCUT2D eigenvalue weighted by atomic mass is 9.67. The highest BCUT2D eigenvalue weighted by molar-refractivity contribution is 5.98. The second kappa shape index (κ2) is 4.80. The molecular weight excluding hydrogens is 246 g/mol. The largest absolute Gasteiger partial charge is 0.369 e. The smallest absolute Gasteiger partial charge is 0.196 e. The van der Waals surface area contributed by atoms with Crippen LogP contribution in [0.3, 0.4) is 0 Å². The first-order valence-corrected chi connectivity index (χ1v) is 7.71. The molecule has 0 aromatic heterocycles. The number of guanidine groups is 1. The van der Waals surface area contributed by atoms with E-state index in [2.05, 4.69) is 54.9 Å². The number of hydrogen-bond acceptors (Lipinski definition) is 3. The summed E-state index contributed by atoms with van der Waals surface area (Å²) in [5, 5.41) is 0. The van der Waals surface area contributed by atoms with Crippen LogP contribution >= 0.6 is 0 Å². The maximum absolute atomic E-state index is 6.24. The van der Waals surface area contributed by atoms with Gasteiger partial charge in [-0.15, -0.1) is 0 Å². The van der Waals surface area contributed by atoms with Gasteiger partial charge >= 0.3 is 0 Å². The van der Waals surface area contributed by atoms with Crippen molar-refractivity contribution in [2.75, 3.05) is 11.4 Å². The predicted molar refractivity (Wildman–Crippen MR) is 85.1 cm³/mol. The molecule has 3 nitrogen and oxygen atoms in total. The number of aryl methyl sites for hydroxylation is 1. The van der Waals surface area contributed by atoms with E-state index >= 15 is 0 Å². The SMILES string of the molecule is Cc1ccc(N2C(N)=NCC23CCCC(C)C3C)cc1. The molecule has 3 heteroatoms. The minimum Gasteiger partial charge on any atom is -0.369 e. The molecule has 1 fully saturated rings. The number of nitrogens with zero attached hydrogens (tertiary/aromatic N) is 2. The number of aliphatic imine (C=N–C) groups is 1. The van der Waals surface area contributed by atoms with Gasteiger partial charge in [0, 0.05) is 5.69 Å². The molecule has 2 N–H and O–H groups in total. The number of anilines is 1. The molecule has 20 heavy (non-hydrogen) atoms. The Kier molecular flexibility index (Phi) is 3.23.